The van der Waals surface area contributed by atoms with Crippen molar-refractivity contribution >= 4 is 0 Å². The lowest BCUT2D eigenvalue weighted by Crippen LogP contribution is -2.07. The van der Waals surface area contributed by atoms with Crippen molar-refractivity contribution in [2.45, 2.75) is 18.8 Å². The van der Waals surface area contributed by atoms with E-state index in [2.05, 4.69) is 0 Å². The molecule has 1 saturated heterocycles. The summed E-state index contributed by atoms with van der Waals surface area (Å²) in [5.74, 6) is 0.842. The maximum absolute atomic E-state index is 8.76. The van der Waals surface area contributed by atoms with Gasteiger partial charge in [0, 0.05) is 0 Å². The highest BCUT2D eigenvalue weighted by molar-refractivity contribution is 5.26. The highest BCUT2D eigenvalue weighted by atomic mass is 16.6. The van der Waals surface area contributed by atoms with Crippen molar-refractivity contribution in [2.24, 2.45) is 0 Å². The number of hydrogen-bond donors (Lipinski definition) is 1. The van der Waals surface area contributed by atoms with E-state index in [4.69, 9.17) is 19.3 Å². The minimum Gasteiger partial charge on any atom is -0.497 e. The van der Waals surface area contributed by atoms with Gasteiger partial charge in [-0.1, -0.05) is 12.1 Å². The van der Waals surface area contributed by atoms with Gasteiger partial charge in [0.1, 0.15) is 18.0 Å². The summed E-state index contributed by atoms with van der Waals surface area (Å²) in [4.78, 5) is 0. The summed E-state index contributed by atoms with van der Waals surface area (Å²) in [6.07, 6.45) is 0.0547. The molecule has 1 aromatic rings. The first-order chi connectivity index (χ1) is 7.83. The van der Waals surface area contributed by atoms with E-state index in [9.17, 15) is 0 Å². The summed E-state index contributed by atoms with van der Waals surface area (Å²) < 4.78 is 15.7. The molecule has 2 atom stereocenters. The lowest BCUT2D eigenvalue weighted by Gasteiger charge is -2.04. The molecule has 1 aromatic carbocycles. The topological polar surface area (TPSA) is 51.2 Å². The minimum absolute atomic E-state index is 0.0177. The Morgan fingerprint density at radius 2 is 2.00 bits per heavy atom. The van der Waals surface area contributed by atoms with Crippen molar-refractivity contribution in [1.29, 1.82) is 0 Å². The number of hydrogen-bond acceptors (Lipinski definition) is 4. The molecule has 0 amide bonds. The van der Waals surface area contributed by atoms with Crippen LogP contribution in [0.15, 0.2) is 24.3 Å². The van der Waals surface area contributed by atoms with Crippen molar-refractivity contribution in [3.8, 4) is 5.75 Å². The Morgan fingerprint density at radius 3 is 2.56 bits per heavy atom. The van der Waals surface area contributed by atoms with E-state index in [0.29, 0.717) is 13.2 Å². The molecule has 1 aliphatic rings. The quantitative estimate of drug-likeness (QED) is 0.732. The van der Waals surface area contributed by atoms with Crippen molar-refractivity contribution in [1.82, 2.24) is 0 Å². The molecule has 1 heterocycles. The largest absolute Gasteiger partial charge is 0.497 e. The molecule has 88 valence electrons. The van der Waals surface area contributed by atoms with Gasteiger partial charge < -0.3 is 19.3 Å². The van der Waals surface area contributed by atoms with Crippen LogP contribution in [-0.2, 0) is 16.1 Å². The van der Waals surface area contributed by atoms with Crippen LogP contribution in [0.5, 0.6) is 5.75 Å². The third-order valence-corrected chi connectivity index (χ3v) is 2.58. The Hall–Kier alpha value is -1.10. The third kappa shape index (κ3) is 2.95. The number of benzene rings is 1. The molecular formula is C12H16O4. The van der Waals surface area contributed by atoms with Crippen molar-refractivity contribution in [2.75, 3.05) is 20.3 Å². The fourth-order valence-corrected chi connectivity index (χ4v) is 1.50. The van der Waals surface area contributed by atoms with E-state index in [-0.39, 0.29) is 18.8 Å². The maximum atomic E-state index is 8.76. The number of epoxide rings is 1. The van der Waals surface area contributed by atoms with Gasteiger partial charge in [-0.25, -0.2) is 0 Å². The smallest absolute Gasteiger partial charge is 0.118 e. The van der Waals surface area contributed by atoms with Crippen molar-refractivity contribution in [3.63, 3.8) is 0 Å². The fourth-order valence-electron chi connectivity index (χ4n) is 1.50. The summed E-state index contributed by atoms with van der Waals surface area (Å²) in [5.41, 5.74) is 1.10. The Kier molecular flexibility index (Phi) is 3.77. The molecule has 4 heteroatoms. The summed E-state index contributed by atoms with van der Waals surface area (Å²) in [5, 5.41) is 8.76. The Bertz CT molecular complexity index is 322. The van der Waals surface area contributed by atoms with Gasteiger partial charge in [0.15, 0.2) is 0 Å². The van der Waals surface area contributed by atoms with E-state index >= 15 is 0 Å². The van der Waals surface area contributed by atoms with E-state index in [1.165, 1.54) is 0 Å². The van der Waals surface area contributed by atoms with Gasteiger partial charge in [0.05, 0.1) is 26.9 Å². The highest BCUT2D eigenvalue weighted by Crippen LogP contribution is 2.21. The first-order valence-electron chi connectivity index (χ1n) is 5.30. The van der Waals surface area contributed by atoms with E-state index in [0.717, 1.165) is 11.3 Å². The standard InChI is InChI=1S/C12H16O4/c1-14-10-4-2-9(3-5-10)7-15-8-12-11(6-13)16-12/h2-5,11-13H,6-8H2,1H3/t11-,12+/m1/s1. The van der Waals surface area contributed by atoms with Crippen LogP contribution in [0, 0.1) is 0 Å². The molecule has 0 radical (unpaired) electrons. The SMILES string of the molecule is COc1ccc(COC[C@@H]2O[C@@H]2CO)cc1. The monoisotopic (exact) mass is 224 g/mol. The van der Waals surface area contributed by atoms with E-state index < -0.39 is 0 Å². The van der Waals surface area contributed by atoms with Crippen LogP contribution in [-0.4, -0.2) is 37.6 Å². The molecule has 1 fully saturated rings. The maximum Gasteiger partial charge on any atom is 0.118 e. The number of ether oxygens (including phenoxy) is 3. The number of aliphatic hydroxyl groups is 1. The second kappa shape index (κ2) is 5.30. The average Bonchev–Trinajstić information content (AvgIpc) is 3.09. The van der Waals surface area contributed by atoms with Gasteiger partial charge >= 0.3 is 0 Å². The molecule has 0 aromatic heterocycles. The molecule has 1 N–H and O–H groups in total. The Morgan fingerprint density at radius 1 is 1.25 bits per heavy atom. The molecule has 0 unspecified atom stereocenters. The highest BCUT2D eigenvalue weighted by Gasteiger charge is 2.37. The Labute approximate surface area is 94.8 Å². The van der Waals surface area contributed by atoms with Crippen LogP contribution in [0.4, 0.5) is 0 Å². The van der Waals surface area contributed by atoms with Gasteiger partial charge in [-0.2, -0.15) is 0 Å². The van der Waals surface area contributed by atoms with E-state index in [1.807, 2.05) is 24.3 Å². The zero-order valence-corrected chi connectivity index (χ0v) is 9.26. The molecule has 1 aliphatic heterocycles. The second-order valence-corrected chi connectivity index (χ2v) is 3.76. The molecule has 0 aliphatic carbocycles. The molecule has 2 rings (SSSR count). The summed E-state index contributed by atoms with van der Waals surface area (Å²) in [6, 6.07) is 7.75. The predicted octanol–water partition coefficient (Wildman–Crippen LogP) is 0.972. The van der Waals surface area contributed by atoms with Gasteiger partial charge in [-0.15, -0.1) is 0 Å². The van der Waals surface area contributed by atoms with Crippen LogP contribution in [0.25, 0.3) is 0 Å². The van der Waals surface area contributed by atoms with Gasteiger partial charge in [-0.05, 0) is 17.7 Å². The summed E-state index contributed by atoms with van der Waals surface area (Å²) >= 11 is 0. The lowest BCUT2D eigenvalue weighted by molar-refractivity contribution is 0.104. The van der Waals surface area contributed by atoms with Crippen LogP contribution in [0.1, 0.15) is 5.56 Å². The molecule has 4 nitrogen and oxygen atoms in total. The zero-order valence-electron chi connectivity index (χ0n) is 9.26. The molecular weight excluding hydrogens is 208 g/mol. The molecule has 0 saturated carbocycles. The lowest BCUT2D eigenvalue weighted by atomic mass is 10.2. The Balaban J connectivity index is 1.69. The zero-order chi connectivity index (χ0) is 11.4. The predicted molar refractivity (Wildman–Crippen MR) is 58.4 cm³/mol. The van der Waals surface area contributed by atoms with Crippen molar-refractivity contribution < 1.29 is 19.3 Å². The number of methoxy groups -OCH3 is 1. The summed E-state index contributed by atoms with van der Waals surface area (Å²) in [6.45, 7) is 1.18. The third-order valence-electron chi connectivity index (χ3n) is 2.58. The van der Waals surface area contributed by atoms with Crippen LogP contribution in [0.2, 0.25) is 0 Å². The number of aliphatic hydroxyl groups excluding tert-OH is 1. The minimum atomic E-state index is -0.0177. The van der Waals surface area contributed by atoms with Crippen molar-refractivity contribution in [3.05, 3.63) is 29.8 Å². The fraction of sp³-hybridized carbons (Fsp3) is 0.500. The van der Waals surface area contributed by atoms with Gasteiger partial charge in [-0.3, -0.25) is 0 Å². The van der Waals surface area contributed by atoms with Gasteiger partial charge in [0.2, 0.25) is 0 Å². The molecule has 0 bridgehead atoms. The van der Waals surface area contributed by atoms with Crippen LogP contribution >= 0.6 is 0 Å². The first kappa shape index (κ1) is 11.4. The van der Waals surface area contributed by atoms with Gasteiger partial charge in [0.25, 0.3) is 0 Å². The molecule has 16 heavy (non-hydrogen) atoms. The average molecular weight is 224 g/mol. The summed E-state index contributed by atoms with van der Waals surface area (Å²) in [7, 11) is 1.64. The van der Waals surface area contributed by atoms with E-state index in [1.54, 1.807) is 7.11 Å². The van der Waals surface area contributed by atoms with Crippen LogP contribution in [0.3, 0.4) is 0 Å². The van der Waals surface area contributed by atoms with Crippen LogP contribution < -0.4 is 4.74 Å². The number of rotatable bonds is 6. The first-order valence-corrected chi connectivity index (χ1v) is 5.30. The normalized spacial score (nSPS) is 23.1. The second-order valence-electron chi connectivity index (χ2n) is 3.76. The molecule has 0 spiro atoms.